The molecule has 24 heavy (non-hydrogen) atoms. The van der Waals surface area contributed by atoms with E-state index in [2.05, 4.69) is 33.0 Å². The van der Waals surface area contributed by atoms with Crippen LogP contribution in [0.5, 0.6) is 0 Å². The normalized spacial score (nSPS) is 15.7. The fourth-order valence-electron chi connectivity index (χ4n) is 3.03. The van der Waals surface area contributed by atoms with Crippen LogP contribution in [0.25, 0.3) is 10.9 Å². The molecule has 128 valence electrons. The van der Waals surface area contributed by atoms with Gasteiger partial charge >= 0.3 is 6.16 Å². The maximum atomic E-state index is 11.2. The van der Waals surface area contributed by atoms with E-state index in [4.69, 9.17) is 4.74 Å². The zero-order chi connectivity index (χ0) is 16.9. The van der Waals surface area contributed by atoms with Gasteiger partial charge in [0.25, 0.3) is 0 Å². The van der Waals surface area contributed by atoms with Crippen molar-refractivity contribution >= 4 is 17.1 Å². The van der Waals surface area contributed by atoms with Gasteiger partial charge in [-0.3, -0.25) is 4.90 Å². The highest BCUT2D eigenvalue weighted by atomic mass is 16.7. The lowest BCUT2D eigenvalue weighted by Gasteiger charge is -2.27. The number of ether oxygens (including phenoxy) is 2. The number of nitrogens with zero attached hydrogens (tertiary/aromatic N) is 1. The molecule has 0 fully saturated rings. The summed E-state index contributed by atoms with van der Waals surface area (Å²) in [7, 11) is 1.25. The lowest BCUT2D eigenvalue weighted by Crippen LogP contribution is -2.34. The highest BCUT2D eigenvalue weighted by molar-refractivity contribution is 5.82. The number of nitrogens with one attached hydrogen (secondary N) is 1. The number of carbonyl (C=O) groups is 1. The molecule has 6 heteroatoms. The second-order valence-corrected chi connectivity index (χ2v) is 5.92. The van der Waals surface area contributed by atoms with Gasteiger partial charge in [-0.25, -0.2) is 4.79 Å². The second-order valence-electron chi connectivity index (χ2n) is 5.92. The van der Waals surface area contributed by atoms with E-state index < -0.39 is 6.16 Å². The summed E-state index contributed by atoms with van der Waals surface area (Å²) in [5.41, 5.74) is 2.47. The maximum absolute atomic E-state index is 11.2. The summed E-state index contributed by atoms with van der Waals surface area (Å²) < 4.78 is 9.49. The topological polar surface area (TPSA) is 74.8 Å². The van der Waals surface area contributed by atoms with Crippen LogP contribution in [0.2, 0.25) is 0 Å². The first kappa shape index (κ1) is 16.4. The van der Waals surface area contributed by atoms with Crippen molar-refractivity contribution in [1.82, 2.24) is 9.88 Å². The average molecular weight is 330 g/mol. The van der Waals surface area contributed by atoms with Gasteiger partial charge in [0.2, 0.25) is 0 Å². The Labute approximate surface area is 140 Å². The summed E-state index contributed by atoms with van der Waals surface area (Å²) in [5, 5.41) is 11.1. The van der Waals surface area contributed by atoms with Crippen molar-refractivity contribution in [1.29, 1.82) is 0 Å². The number of aliphatic hydroxyl groups is 1. The van der Waals surface area contributed by atoms with E-state index >= 15 is 0 Å². The summed E-state index contributed by atoms with van der Waals surface area (Å²) in [5.74, 6) is 0.425. The van der Waals surface area contributed by atoms with Gasteiger partial charge in [0, 0.05) is 30.1 Å². The molecule has 0 aliphatic carbocycles. The summed E-state index contributed by atoms with van der Waals surface area (Å²) in [4.78, 5) is 16.7. The smallest absolute Gasteiger partial charge is 0.509 e. The number of benzene rings is 1. The minimum atomic E-state index is -0.794. The van der Waals surface area contributed by atoms with Crippen LogP contribution in [0.3, 0.4) is 0 Å². The number of aliphatic hydroxyl groups excluding tert-OH is 1. The van der Waals surface area contributed by atoms with E-state index in [-0.39, 0.29) is 5.76 Å². The van der Waals surface area contributed by atoms with Crippen molar-refractivity contribution in [3.05, 3.63) is 47.5 Å². The summed E-state index contributed by atoms with van der Waals surface area (Å²) in [6.45, 7) is 2.06. The van der Waals surface area contributed by atoms with Gasteiger partial charge in [0.1, 0.15) is 5.76 Å². The predicted octanol–water partition coefficient (Wildman–Crippen LogP) is 3.36. The number of fused-ring (bicyclic) bond motifs is 1. The summed E-state index contributed by atoms with van der Waals surface area (Å²) >= 11 is 0. The molecule has 3 rings (SSSR count). The first-order chi connectivity index (χ1) is 11.7. The minimum Gasteiger partial charge on any atom is -0.509 e. The van der Waals surface area contributed by atoms with Crippen LogP contribution in [0.1, 0.15) is 18.4 Å². The molecule has 6 nitrogen and oxygen atoms in total. The van der Waals surface area contributed by atoms with Gasteiger partial charge in [-0.15, -0.1) is 0 Å². The van der Waals surface area contributed by atoms with Crippen molar-refractivity contribution in [2.75, 3.05) is 26.7 Å². The highest BCUT2D eigenvalue weighted by Crippen LogP contribution is 2.21. The molecule has 1 aliphatic heterocycles. The predicted molar refractivity (Wildman–Crippen MR) is 90.8 cm³/mol. The van der Waals surface area contributed by atoms with E-state index in [9.17, 15) is 9.90 Å². The molecule has 0 radical (unpaired) electrons. The summed E-state index contributed by atoms with van der Waals surface area (Å²) in [6, 6.07) is 8.28. The number of para-hydroxylation sites is 1. The Morgan fingerprint density at radius 2 is 2.21 bits per heavy atom. The van der Waals surface area contributed by atoms with Gasteiger partial charge in [0.05, 0.1) is 13.7 Å². The SMILES string of the molecule is COC(=O)OC1=C(O)CCN(CCCc2c[nH]c3ccccc23)C1. The Balaban J connectivity index is 1.53. The number of aromatic nitrogens is 1. The van der Waals surface area contributed by atoms with Crippen LogP contribution in [0.15, 0.2) is 42.0 Å². The number of H-pyrrole nitrogens is 1. The second kappa shape index (κ2) is 7.40. The van der Waals surface area contributed by atoms with Gasteiger partial charge in [-0.2, -0.15) is 0 Å². The standard InChI is InChI=1S/C18H22N2O4/c1-23-18(22)24-17-12-20(10-8-16(17)21)9-4-5-13-11-19-15-7-3-2-6-14(13)15/h2-3,6-7,11,19,21H,4-5,8-10,12H2,1H3. The van der Waals surface area contributed by atoms with Gasteiger partial charge in [-0.1, -0.05) is 18.2 Å². The molecule has 0 spiro atoms. The van der Waals surface area contributed by atoms with Crippen LogP contribution < -0.4 is 0 Å². The number of hydrogen-bond acceptors (Lipinski definition) is 5. The molecular formula is C18H22N2O4. The molecule has 0 saturated carbocycles. The van der Waals surface area contributed by atoms with E-state index in [1.54, 1.807) is 0 Å². The highest BCUT2D eigenvalue weighted by Gasteiger charge is 2.22. The molecular weight excluding hydrogens is 308 g/mol. The number of methoxy groups -OCH3 is 1. The van der Waals surface area contributed by atoms with Gasteiger partial charge in [0.15, 0.2) is 5.76 Å². The van der Waals surface area contributed by atoms with Gasteiger partial charge in [-0.05, 0) is 31.0 Å². The monoisotopic (exact) mass is 330 g/mol. The Morgan fingerprint density at radius 3 is 3.04 bits per heavy atom. The number of hydrogen-bond donors (Lipinski definition) is 2. The number of carbonyl (C=O) groups excluding carboxylic acids is 1. The zero-order valence-electron chi connectivity index (χ0n) is 13.7. The number of aromatic amines is 1. The lowest BCUT2D eigenvalue weighted by atomic mass is 10.1. The molecule has 1 aliphatic rings. The van der Waals surface area contributed by atoms with Crippen molar-refractivity contribution in [2.45, 2.75) is 19.3 Å². The maximum Gasteiger partial charge on any atom is 0.513 e. The number of aryl methyl sites for hydroxylation is 1. The van der Waals surface area contributed by atoms with Crippen LogP contribution in [-0.4, -0.2) is 47.9 Å². The minimum absolute atomic E-state index is 0.133. The van der Waals surface area contributed by atoms with E-state index in [0.717, 1.165) is 31.4 Å². The Kier molecular flexibility index (Phi) is 5.05. The lowest BCUT2D eigenvalue weighted by molar-refractivity contribution is 0.0789. The van der Waals surface area contributed by atoms with E-state index in [0.29, 0.717) is 18.7 Å². The molecule has 0 amide bonds. The average Bonchev–Trinajstić information content (AvgIpc) is 3.01. The number of rotatable bonds is 5. The third-order valence-corrected chi connectivity index (χ3v) is 4.32. The largest absolute Gasteiger partial charge is 0.513 e. The van der Waals surface area contributed by atoms with Gasteiger partial charge < -0.3 is 19.6 Å². The Morgan fingerprint density at radius 1 is 1.38 bits per heavy atom. The van der Waals surface area contributed by atoms with Crippen molar-refractivity contribution in [3.63, 3.8) is 0 Å². The first-order valence-electron chi connectivity index (χ1n) is 8.11. The third-order valence-electron chi connectivity index (χ3n) is 4.32. The van der Waals surface area contributed by atoms with Crippen LogP contribution in [0.4, 0.5) is 4.79 Å². The van der Waals surface area contributed by atoms with Crippen LogP contribution in [-0.2, 0) is 15.9 Å². The molecule has 2 heterocycles. The Bertz CT molecular complexity index is 750. The molecule has 0 saturated heterocycles. The van der Waals surface area contributed by atoms with Crippen molar-refractivity contribution in [3.8, 4) is 0 Å². The van der Waals surface area contributed by atoms with Crippen LogP contribution in [0, 0.1) is 0 Å². The molecule has 0 bridgehead atoms. The molecule has 0 unspecified atom stereocenters. The Hall–Kier alpha value is -2.47. The molecule has 1 aromatic heterocycles. The molecule has 2 N–H and O–H groups in total. The molecule has 0 atom stereocenters. The van der Waals surface area contributed by atoms with Crippen molar-refractivity contribution in [2.24, 2.45) is 0 Å². The molecule has 1 aromatic carbocycles. The molecule has 2 aromatic rings. The van der Waals surface area contributed by atoms with Crippen molar-refractivity contribution < 1.29 is 19.4 Å². The van der Waals surface area contributed by atoms with Crippen LogP contribution >= 0.6 is 0 Å². The third kappa shape index (κ3) is 3.71. The fourth-order valence-corrected chi connectivity index (χ4v) is 3.03. The quantitative estimate of drug-likeness (QED) is 0.822. The fraction of sp³-hybridized carbons (Fsp3) is 0.389. The zero-order valence-corrected chi connectivity index (χ0v) is 13.7. The van der Waals surface area contributed by atoms with E-state index in [1.807, 2.05) is 12.1 Å². The summed E-state index contributed by atoms with van der Waals surface area (Å²) in [6.07, 6.45) is 3.73. The van der Waals surface area contributed by atoms with E-state index in [1.165, 1.54) is 18.1 Å². The first-order valence-corrected chi connectivity index (χ1v) is 8.11.